The summed E-state index contributed by atoms with van der Waals surface area (Å²) >= 11 is 0. The first-order chi connectivity index (χ1) is 8.49. The van der Waals surface area contributed by atoms with Gasteiger partial charge in [0.1, 0.15) is 0 Å². The molecule has 0 aliphatic carbocycles. The van der Waals surface area contributed by atoms with Gasteiger partial charge in [0.15, 0.2) is 9.84 Å². The highest BCUT2D eigenvalue weighted by molar-refractivity contribution is 7.91. The van der Waals surface area contributed by atoms with Gasteiger partial charge in [0, 0.05) is 6.04 Å². The molecule has 1 saturated heterocycles. The molecular formula is C14H21NO2S. The summed E-state index contributed by atoms with van der Waals surface area (Å²) < 4.78 is 24.5. The zero-order chi connectivity index (χ0) is 13.2. The second kappa shape index (κ2) is 5.41. The Morgan fingerprint density at radius 1 is 1.28 bits per heavy atom. The van der Waals surface area contributed by atoms with Crippen molar-refractivity contribution in [1.29, 1.82) is 0 Å². The van der Waals surface area contributed by atoms with Crippen molar-refractivity contribution in [3.8, 4) is 0 Å². The lowest BCUT2D eigenvalue weighted by molar-refractivity contribution is 0.577. The van der Waals surface area contributed by atoms with Crippen molar-refractivity contribution in [2.75, 3.05) is 12.3 Å². The molecule has 1 aromatic rings. The minimum Gasteiger partial charge on any atom is -0.313 e. The van der Waals surface area contributed by atoms with Crippen LogP contribution in [0.5, 0.6) is 0 Å². The normalized spacial score (nSPS) is 20.5. The van der Waals surface area contributed by atoms with Gasteiger partial charge >= 0.3 is 0 Å². The molecule has 0 spiro atoms. The number of hydrogen-bond donors (Lipinski definition) is 1. The van der Waals surface area contributed by atoms with Crippen LogP contribution in [0.25, 0.3) is 0 Å². The van der Waals surface area contributed by atoms with E-state index in [0.717, 1.165) is 19.4 Å². The van der Waals surface area contributed by atoms with E-state index in [1.807, 2.05) is 12.1 Å². The summed E-state index contributed by atoms with van der Waals surface area (Å²) in [6, 6.07) is 7.43. The highest BCUT2D eigenvalue weighted by atomic mass is 32.2. The Bertz CT molecular complexity index is 485. The molecule has 1 atom stereocenters. The zero-order valence-electron chi connectivity index (χ0n) is 11.0. The van der Waals surface area contributed by atoms with Crippen LogP contribution in [0, 0.1) is 0 Å². The van der Waals surface area contributed by atoms with Crippen LogP contribution in [-0.4, -0.2) is 26.8 Å². The summed E-state index contributed by atoms with van der Waals surface area (Å²) in [5.74, 6) is 0.645. The van der Waals surface area contributed by atoms with Crippen LogP contribution in [0.15, 0.2) is 29.2 Å². The molecule has 0 radical (unpaired) electrons. The molecule has 0 bridgehead atoms. The van der Waals surface area contributed by atoms with E-state index < -0.39 is 9.84 Å². The van der Waals surface area contributed by atoms with Crippen LogP contribution in [0.1, 0.15) is 38.2 Å². The molecule has 1 aliphatic heterocycles. The Hall–Kier alpha value is -0.870. The average molecular weight is 267 g/mol. The summed E-state index contributed by atoms with van der Waals surface area (Å²) in [6.07, 6.45) is 2.04. The standard InChI is InChI=1S/C14H21NO2S/c1-11(2)12-5-7-14(8-6-12)18(16,17)10-13-4-3-9-15-13/h5-8,11,13,15H,3-4,9-10H2,1-2H3/t13-/m0/s1. The predicted octanol–water partition coefficient (Wildman–Crippen LogP) is 2.34. The lowest BCUT2D eigenvalue weighted by Gasteiger charge is -2.12. The summed E-state index contributed by atoms with van der Waals surface area (Å²) in [6.45, 7) is 5.14. The van der Waals surface area contributed by atoms with E-state index in [2.05, 4.69) is 19.2 Å². The van der Waals surface area contributed by atoms with E-state index in [0.29, 0.717) is 10.8 Å². The summed E-state index contributed by atoms with van der Waals surface area (Å²) in [5, 5.41) is 3.23. The van der Waals surface area contributed by atoms with Crippen LogP contribution < -0.4 is 5.32 Å². The number of sulfone groups is 1. The van der Waals surface area contributed by atoms with Crippen molar-refractivity contribution in [3.05, 3.63) is 29.8 Å². The van der Waals surface area contributed by atoms with Crippen molar-refractivity contribution < 1.29 is 8.42 Å². The van der Waals surface area contributed by atoms with Gasteiger partial charge in [-0.05, 0) is 43.0 Å². The molecular weight excluding hydrogens is 246 g/mol. The van der Waals surface area contributed by atoms with E-state index >= 15 is 0 Å². The highest BCUT2D eigenvalue weighted by Gasteiger charge is 2.23. The van der Waals surface area contributed by atoms with Crippen LogP contribution in [-0.2, 0) is 9.84 Å². The zero-order valence-corrected chi connectivity index (χ0v) is 11.8. The Morgan fingerprint density at radius 2 is 1.94 bits per heavy atom. The van der Waals surface area contributed by atoms with Crippen LogP contribution in [0.3, 0.4) is 0 Å². The maximum Gasteiger partial charge on any atom is 0.179 e. The summed E-state index contributed by atoms with van der Waals surface area (Å²) in [4.78, 5) is 0.445. The van der Waals surface area contributed by atoms with Gasteiger partial charge in [0.25, 0.3) is 0 Å². The molecule has 0 unspecified atom stereocenters. The summed E-state index contributed by atoms with van der Waals surface area (Å²) in [7, 11) is -3.15. The molecule has 1 fully saturated rings. The van der Waals surface area contributed by atoms with Crippen molar-refractivity contribution >= 4 is 9.84 Å². The Morgan fingerprint density at radius 3 is 2.44 bits per heavy atom. The topological polar surface area (TPSA) is 46.2 Å². The van der Waals surface area contributed by atoms with Crippen LogP contribution >= 0.6 is 0 Å². The van der Waals surface area contributed by atoms with E-state index in [-0.39, 0.29) is 11.8 Å². The maximum absolute atomic E-state index is 12.2. The van der Waals surface area contributed by atoms with Gasteiger partial charge in [0.2, 0.25) is 0 Å². The molecule has 18 heavy (non-hydrogen) atoms. The van der Waals surface area contributed by atoms with Gasteiger partial charge < -0.3 is 5.32 Å². The van der Waals surface area contributed by atoms with Gasteiger partial charge in [-0.3, -0.25) is 0 Å². The molecule has 3 nitrogen and oxygen atoms in total. The van der Waals surface area contributed by atoms with Crippen LogP contribution in [0.2, 0.25) is 0 Å². The van der Waals surface area contributed by atoms with Crippen molar-refractivity contribution in [2.45, 2.75) is 43.5 Å². The third kappa shape index (κ3) is 3.12. The smallest absolute Gasteiger partial charge is 0.179 e. The quantitative estimate of drug-likeness (QED) is 0.910. The van der Waals surface area contributed by atoms with Gasteiger partial charge in [-0.25, -0.2) is 8.42 Å². The molecule has 2 rings (SSSR count). The van der Waals surface area contributed by atoms with Gasteiger partial charge in [-0.1, -0.05) is 26.0 Å². The molecule has 1 aliphatic rings. The van der Waals surface area contributed by atoms with Crippen molar-refractivity contribution in [2.24, 2.45) is 0 Å². The SMILES string of the molecule is CC(C)c1ccc(S(=O)(=O)C[C@@H]2CCCN2)cc1. The fourth-order valence-corrected chi connectivity index (χ4v) is 3.88. The number of nitrogens with one attached hydrogen (secondary N) is 1. The molecule has 4 heteroatoms. The molecule has 1 heterocycles. The third-order valence-electron chi connectivity index (χ3n) is 3.49. The average Bonchev–Trinajstić information content (AvgIpc) is 2.81. The summed E-state index contributed by atoms with van der Waals surface area (Å²) in [5.41, 5.74) is 1.17. The molecule has 0 saturated carbocycles. The van der Waals surface area contributed by atoms with E-state index in [1.165, 1.54) is 5.56 Å². The van der Waals surface area contributed by atoms with Crippen molar-refractivity contribution in [3.63, 3.8) is 0 Å². The van der Waals surface area contributed by atoms with Gasteiger partial charge in [-0.15, -0.1) is 0 Å². The van der Waals surface area contributed by atoms with Crippen LogP contribution in [0.4, 0.5) is 0 Å². The first-order valence-electron chi connectivity index (χ1n) is 6.55. The van der Waals surface area contributed by atoms with E-state index in [4.69, 9.17) is 0 Å². The Labute approximate surface area is 110 Å². The number of rotatable bonds is 4. The van der Waals surface area contributed by atoms with Gasteiger partial charge in [0.05, 0.1) is 10.6 Å². The second-order valence-corrected chi connectivity index (χ2v) is 7.33. The minimum atomic E-state index is -3.15. The monoisotopic (exact) mass is 267 g/mol. The lowest BCUT2D eigenvalue weighted by Crippen LogP contribution is -2.29. The molecule has 1 aromatic carbocycles. The second-order valence-electron chi connectivity index (χ2n) is 5.30. The predicted molar refractivity (Wildman–Crippen MR) is 73.6 cm³/mol. The maximum atomic E-state index is 12.2. The fourth-order valence-electron chi connectivity index (χ4n) is 2.32. The first-order valence-corrected chi connectivity index (χ1v) is 8.20. The lowest BCUT2D eigenvalue weighted by atomic mass is 10.0. The van der Waals surface area contributed by atoms with Gasteiger partial charge in [-0.2, -0.15) is 0 Å². The third-order valence-corrected chi connectivity index (χ3v) is 5.32. The highest BCUT2D eigenvalue weighted by Crippen LogP contribution is 2.19. The molecule has 1 N–H and O–H groups in total. The Balaban J connectivity index is 2.13. The minimum absolute atomic E-state index is 0.125. The largest absolute Gasteiger partial charge is 0.313 e. The molecule has 0 amide bonds. The van der Waals surface area contributed by atoms with E-state index in [1.54, 1.807) is 12.1 Å². The van der Waals surface area contributed by atoms with Crippen molar-refractivity contribution in [1.82, 2.24) is 5.32 Å². The first kappa shape index (κ1) is 13.6. The fraction of sp³-hybridized carbons (Fsp3) is 0.571. The number of hydrogen-bond acceptors (Lipinski definition) is 3. The number of benzene rings is 1. The molecule has 0 aromatic heterocycles. The Kier molecular flexibility index (Phi) is 4.07. The van der Waals surface area contributed by atoms with E-state index in [9.17, 15) is 8.42 Å². The molecule has 100 valence electrons.